The molecule has 0 saturated heterocycles. The lowest BCUT2D eigenvalue weighted by atomic mass is 10.1. The minimum atomic E-state index is -4.43. The highest BCUT2D eigenvalue weighted by molar-refractivity contribution is 6.00. The zero-order valence-electron chi connectivity index (χ0n) is 9.87. The molecule has 0 aromatic rings. The molecule has 19 heavy (non-hydrogen) atoms. The number of carbonyl (C=O) groups is 1. The normalized spacial score (nSPS) is 18.6. The summed E-state index contributed by atoms with van der Waals surface area (Å²) in [6, 6.07) is -1.33. The number of amides is 1. The zero-order valence-corrected chi connectivity index (χ0v) is 9.87. The summed E-state index contributed by atoms with van der Waals surface area (Å²) in [5, 5.41) is 11.1. The number of aliphatic hydroxyl groups is 1. The average molecular weight is 271 g/mol. The topological polar surface area (TPSA) is 49.3 Å². The highest BCUT2D eigenvalue weighted by Gasteiger charge is 2.33. The van der Waals surface area contributed by atoms with Crippen LogP contribution in [0.5, 0.6) is 0 Å². The van der Waals surface area contributed by atoms with Crippen molar-refractivity contribution in [3.63, 3.8) is 0 Å². The summed E-state index contributed by atoms with van der Waals surface area (Å²) in [6.45, 7) is -0.754. The Balaban J connectivity index is 2.05. The summed E-state index contributed by atoms with van der Waals surface area (Å²) in [4.78, 5) is 11.9. The molecule has 0 unspecified atom stereocenters. The maximum Gasteiger partial charge on any atom is 0.391 e. The summed E-state index contributed by atoms with van der Waals surface area (Å²) < 4.78 is 36.7. The second-order valence-corrected chi connectivity index (χ2v) is 4.31. The Morgan fingerprint density at radius 1 is 1.32 bits per heavy atom. The molecule has 1 atom stereocenters. The van der Waals surface area contributed by atoms with Gasteiger partial charge < -0.3 is 10.4 Å². The predicted molar refractivity (Wildman–Crippen MR) is 63.1 cm³/mol. The van der Waals surface area contributed by atoms with E-state index in [0.29, 0.717) is 11.1 Å². The maximum absolute atomic E-state index is 12.2. The van der Waals surface area contributed by atoms with Crippen molar-refractivity contribution in [3.8, 4) is 0 Å². The molecule has 2 N–H and O–H groups in total. The van der Waals surface area contributed by atoms with Crippen molar-refractivity contribution in [2.24, 2.45) is 0 Å². The standard InChI is InChI=1S/C13H12F3NO2/c14-13(15,16)6-9(7-18)17-12(19)11-5-4-8-2-1-3-10(8)11/h1-5,9,18H,6-7H2,(H,17,19)/t9-/m0/s1. The first-order valence-electron chi connectivity index (χ1n) is 5.70. The van der Waals surface area contributed by atoms with E-state index in [9.17, 15) is 18.0 Å². The van der Waals surface area contributed by atoms with Gasteiger partial charge in [-0.15, -0.1) is 0 Å². The Morgan fingerprint density at radius 3 is 2.68 bits per heavy atom. The molecule has 0 spiro atoms. The van der Waals surface area contributed by atoms with Gasteiger partial charge in [-0.1, -0.05) is 24.3 Å². The number of allylic oxidation sites excluding steroid dienone is 6. The smallest absolute Gasteiger partial charge is 0.391 e. The molecule has 0 fully saturated rings. The first-order valence-corrected chi connectivity index (χ1v) is 5.70. The van der Waals surface area contributed by atoms with Crippen LogP contribution in [0, 0.1) is 0 Å². The molecule has 6 heteroatoms. The number of hydrogen-bond acceptors (Lipinski definition) is 2. The highest BCUT2D eigenvalue weighted by Crippen LogP contribution is 2.30. The van der Waals surface area contributed by atoms with Crippen molar-refractivity contribution < 1.29 is 23.1 Å². The van der Waals surface area contributed by atoms with Crippen LogP contribution in [0.25, 0.3) is 0 Å². The molecular weight excluding hydrogens is 259 g/mol. The number of hydrogen-bond donors (Lipinski definition) is 2. The number of rotatable bonds is 4. The molecule has 2 rings (SSSR count). The first kappa shape index (κ1) is 13.6. The molecule has 0 radical (unpaired) electrons. The van der Waals surface area contributed by atoms with Gasteiger partial charge in [0.15, 0.2) is 0 Å². The van der Waals surface area contributed by atoms with Crippen molar-refractivity contribution in [1.29, 1.82) is 0 Å². The van der Waals surface area contributed by atoms with Crippen molar-refractivity contribution in [2.45, 2.75) is 18.6 Å². The van der Waals surface area contributed by atoms with Crippen LogP contribution in [0.1, 0.15) is 6.42 Å². The molecule has 0 saturated carbocycles. The van der Waals surface area contributed by atoms with Crippen LogP contribution < -0.4 is 5.32 Å². The van der Waals surface area contributed by atoms with Gasteiger partial charge in [-0.2, -0.15) is 13.2 Å². The second kappa shape index (κ2) is 5.05. The lowest BCUT2D eigenvalue weighted by Gasteiger charge is -2.18. The van der Waals surface area contributed by atoms with Gasteiger partial charge in [0, 0.05) is 5.57 Å². The van der Waals surface area contributed by atoms with E-state index in [2.05, 4.69) is 5.32 Å². The van der Waals surface area contributed by atoms with Crippen LogP contribution in [-0.4, -0.2) is 29.8 Å². The average Bonchev–Trinajstić information content (AvgIpc) is 2.87. The van der Waals surface area contributed by atoms with E-state index in [1.165, 1.54) is 0 Å². The van der Waals surface area contributed by atoms with Crippen LogP contribution in [0.15, 0.2) is 47.1 Å². The second-order valence-electron chi connectivity index (χ2n) is 4.31. The molecule has 0 aromatic carbocycles. The van der Waals surface area contributed by atoms with Gasteiger partial charge in [-0.25, -0.2) is 0 Å². The van der Waals surface area contributed by atoms with Gasteiger partial charge in [-0.05, 0) is 17.2 Å². The van der Waals surface area contributed by atoms with Gasteiger partial charge in [0.05, 0.1) is 19.1 Å². The molecular formula is C13H12F3NO2. The minimum absolute atomic E-state index is 0.320. The summed E-state index contributed by atoms with van der Waals surface area (Å²) >= 11 is 0. The molecule has 0 bridgehead atoms. The van der Waals surface area contributed by atoms with Gasteiger partial charge in [0.2, 0.25) is 0 Å². The Hall–Kier alpha value is -1.82. The molecule has 0 heterocycles. The van der Waals surface area contributed by atoms with Gasteiger partial charge in [0.25, 0.3) is 5.91 Å². The van der Waals surface area contributed by atoms with Crippen molar-refractivity contribution in [1.82, 2.24) is 5.32 Å². The summed E-state index contributed by atoms with van der Waals surface area (Å²) in [6.07, 6.45) is 2.90. The van der Waals surface area contributed by atoms with Gasteiger partial charge in [0.1, 0.15) is 0 Å². The Kier molecular flexibility index (Phi) is 3.61. The highest BCUT2D eigenvalue weighted by atomic mass is 19.4. The third kappa shape index (κ3) is 3.14. The largest absolute Gasteiger partial charge is 0.394 e. The fourth-order valence-electron chi connectivity index (χ4n) is 1.99. The Bertz CT molecular complexity index is 512. The van der Waals surface area contributed by atoms with Crippen LogP contribution in [0.4, 0.5) is 13.2 Å². The number of fused-ring (bicyclic) bond motifs is 1. The fraction of sp³-hybridized carbons (Fsp3) is 0.308. The van der Waals surface area contributed by atoms with Crippen molar-refractivity contribution in [3.05, 3.63) is 47.1 Å². The number of alkyl halides is 3. The van der Waals surface area contributed by atoms with Crippen molar-refractivity contribution in [2.75, 3.05) is 6.61 Å². The lowest BCUT2D eigenvalue weighted by molar-refractivity contribution is -0.144. The number of halogens is 3. The molecule has 0 aliphatic heterocycles. The number of nitrogens with one attached hydrogen (secondary N) is 1. The first-order chi connectivity index (χ1) is 8.90. The van der Waals surface area contributed by atoms with Crippen LogP contribution in [0.2, 0.25) is 0 Å². The van der Waals surface area contributed by atoms with Gasteiger partial charge >= 0.3 is 6.18 Å². The van der Waals surface area contributed by atoms with Crippen LogP contribution >= 0.6 is 0 Å². The third-order valence-corrected chi connectivity index (χ3v) is 2.85. The molecule has 3 nitrogen and oxygen atoms in total. The van der Waals surface area contributed by atoms with Crippen molar-refractivity contribution >= 4 is 5.91 Å². The van der Waals surface area contributed by atoms with E-state index >= 15 is 0 Å². The SMILES string of the molecule is O=C(N[C@H](CO)CC(F)(F)F)C1=C2C=CC=C2C=C1. The molecule has 1 amide bonds. The van der Waals surface area contributed by atoms with E-state index in [4.69, 9.17) is 5.11 Å². The van der Waals surface area contributed by atoms with E-state index in [1.54, 1.807) is 24.3 Å². The van der Waals surface area contributed by atoms with Crippen LogP contribution in [-0.2, 0) is 4.79 Å². The quantitative estimate of drug-likeness (QED) is 0.819. The molecule has 0 aromatic heterocycles. The van der Waals surface area contributed by atoms with E-state index < -0.39 is 31.2 Å². The Labute approximate surface area is 107 Å². The van der Waals surface area contributed by atoms with E-state index in [1.807, 2.05) is 6.08 Å². The number of aliphatic hydroxyl groups excluding tert-OH is 1. The summed E-state index contributed by atoms with van der Waals surface area (Å²) in [5.41, 5.74) is 1.88. The third-order valence-electron chi connectivity index (χ3n) is 2.85. The lowest BCUT2D eigenvalue weighted by Crippen LogP contribution is -2.41. The minimum Gasteiger partial charge on any atom is -0.394 e. The van der Waals surface area contributed by atoms with E-state index in [0.717, 1.165) is 5.57 Å². The maximum atomic E-state index is 12.2. The zero-order chi connectivity index (χ0) is 14.0. The summed E-state index contributed by atoms with van der Waals surface area (Å²) in [5.74, 6) is -0.607. The molecule has 2 aliphatic rings. The van der Waals surface area contributed by atoms with Gasteiger partial charge in [-0.3, -0.25) is 4.79 Å². The monoisotopic (exact) mass is 271 g/mol. The number of carbonyl (C=O) groups excluding carboxylic acids is 1. The van der Waals surface area contributed by atoms with Crippen LogP contribution in [0.3, 0.4) is 0 Å². The predicted octanol–water partition coefficient (Wildman–Crippen LogP) is 1.78. The molecule has 102 valence electrons. The van der Waals surface area contributed by atoms with E-state index in [-0.39, 0.29) is 0 Å². The Morgan fingerprint density at radius 2 is 2.05 bits per heavy atom. The fourth-order valence-corrected chi connectivity index (χ4v) is 1.99. The molecule has 2 aliphatic carbocycles. The summed E-state index contributed by atoms with van der Waals surface area (Å²) in [7, 11) is 0.